The quantitative estimate of drug-likeness (QED) is 0.283. The standard InChI is InChI=1S/C22H15BrClN3O4S/c1-12(28)31-20-16(23)9-14(10-17(20)30-2)11-18-21(29)27-22(32-18)25-19(26-27)8-5-13-3-6-15(24)7-4-13/h3-11H,1-2H3. The van der Waals surface area contributed by atoms with Crippen molar-refractivity contribution in [1.29, 1.82) is 0 Å². The molecule has 10 heteroatoms. The van der Waals surface area contributed by atoms with Gasteiger partial charge in [-0.15, -0.1) is 5.10 Å². The second-order valence-corrected chi connectivity index (χ2v) is 8.89. The molecule has 32 heavy (non-hydrogen) atoms. The van der Waals surface area contributed by atoms with Crippen LogP contribution in [0.25, 0.3) is 23.2 Å². The Morgan fingerprint density at radius 2 is 1.94 bits per heavy atom. The Bertz CT molecular complexity index is 1460. The van der Waals surface area contributed by atoms with Crippen LogP contribution in [0.4, 0.5) is 0 Å². The summed E-state index contributed by atoms with van der Waals surface area (Å²) in [6, 6.07) is 10.8. The summed E-state index contributed by atoms with van der Waals surface area (Å²) >= 11 is 10.5. The van der Waals surface area contributed by atoms with E-state index in [1.165, 1.54) is 29.9 Å². The first-order valence-corrected chi connectivity index (χ1v) is 11.2. The van der Waals surface area contributed by atoms with E-state index < -0.39 is 5.97 Å². The fourth-order valence-corrected chi connectivity index (χ4v) is 4.46. The molecule has 0 unspecified atom stereocenters. The molecule has 2 aromatic heterocycles. The third-order valence-electron chi connectivity index (χ3n) is 4.29. The number of carbonyl (C=O) groups excluding carboxylic acids is 1. The summed E-state index contributed by atoms with van der Waals surface area (Å²) in [5, 5.41) is 4.94. The minimum Gasteiger partial charge on any atom is -0.493 e. The second kappa shape index (κ2) is 9.23. The Labute approximate surface area is 199 Å². The van der Waals surface area contributed by atoms with Crippen molar-refractivity contribution >= 4 is 68.0 Å². The zero-order chi connectivity index (χ0) is 22.8. The van der Waals surface area contributed by atoms with Crippen molar-refractivity contribution in [1.82, 2.24) is 14.6 Å². The average Bonchev–Trinajstić information content (AvgIpc) is 3.28. The predicted molar refractivity (Wildman–Crippen MR) is 128 cm³/mol. The molecule has 2 aromatic carbocycles. The summed E-state index contributed by atoms with van der Waals surface area (Å²) in [5.41, 5.74) is 1.36. The van der Waals surface area contributed by atoms with Crippen LogP contribution in [-0.2, 0) is 4.79 Å². The smallest absolute Gasteiger partial charge is 0.308 e. The van der Waals surface area contributed by atoms with Gasteiger partial charge in [0.05, 0.1) is 16.1 Å². The number of hydrogen-bond donors (Lipinski definition) is 0. The number of halogens is 2. The Hall–Kier alpha value is -3.01. The number of aromatic nitrogens is 3. The molecular weight excluding hydrogens is 518 g/mol. The first-order valence-electron chi connectivity index (χ1n) is 9.25. The molecule has 0 saturated carbocycles. The average molecular weight is 533 g/mol. The number of carbonyl (C=O) groups is 1. The van der Waals surface area contributed by atoms with E-state index >= 15 is 0 Å². The monoisotopic (exact) mass is 531 g/mol. The minimum atomic E-state index is -0.464. The van der Waals surface area contributed by atoms with Gasteiger partial charge in [-0.25, -0.2) is 0 Å². The van der Waals surface area contributed by atoms with E-state index in [0.29, 0.717) is 36.1 Å². The van der Waals surface area contributed by atoms with E-state index in [1.54, 1.807) is 36.4 Å². The molecule has 0 saturated heterocycles. The summed E-state index contributed by atoms with van der Waals surface area (Å²) in [5.74, 6) is 0.612. The van der Waals surface area contributed by atoms with Crippen LogP contribution in [0.15, 0.2) is 45.7 Å². The van der Waals surface area contributed by atoms with Crippen molar-refractivity contribution in [2.24, 2.45) is 0 Å². The Morgan fingerprint density at radius 3 is 2.59 bits per heavy atom. The van der Waals surface area contributed by atoms with E-state index in [4.69, 9.17) is 21.1 Å². The summed E-state index contributed by atoms with van der Waals surface area (Å²) in [6.45, 7) is 1.31. The molecule has 4 rings (SSSR count). The molecule has 0 atom stereocenters. The molecule has 4 aromatic rings. The minimum absolute atomic E-state index is 0.275. The van der Waals surface area contributed by atoms with Crippen LogP contribution in [0.5, 0.6) is 11.5 Å². The SMILES string of the molecule is COc1cc(C=c2sc3nc(C=Cc4ccc(Cl)cc4)nn3c2=O)cc(Br)c1OC(C)=O. The van der Waals surface area contributed by atoms with Gasteiger partial charge in [-0.05, 0) is 63.5 Å². The van der Waals surface area contributed by atoms with Gasteiger partial charge in [0.2, 0.25) is 4.96 Å². The molecule has 2 heterocycles. The number of rotatable bonds is 5. The zero-order valence-corrected chi connectivity index (χ0v) is 20.0. The van der Waals surface area contributed by atoms with Gasteiger partial charge in [0.1, 0.15) is 0 Å². The molecule has 0 amide bonds. The summed E-state index contributed by atoms with van der Waals surface area (Å²) in [6.07, 6.45) is 5.29. The maximum atomic E-state index is 12.8. The molecule has 162 valence electrons. The van der Waals surface area contributed by atoms with Gasteiger partial charge in [-0.3, -0.25) is 9.59 Å². The number of nitrogens with zero attached hydrogens (tertiary/aromatic N) is 3. The lowest BCUT2D eigenvalue weighted by Crippen LogP contribution is -2.23. The highest BCUT2D eigenvalue weighted by Gasteiger charge is 2.14. The van der Waals surface area contributed by atoms with Crippen LogP contribution in [0.1, 0.15) is 23.9 Å². The number of methoxy groups -OCH3 is 1. The van der Waals surface area contributed by atoms with Crippen molar-refractivity contribution in [2.75, 3.05) is 7.11 Å². The van der Waals surface area contributed by atoms with Gasteiger partial charge in [0, 0.05) is 11.9 Å². The molecule has 7 nitrogen and oxygen atoms in total. The van der Waals surface area contributed by atoms with Gasteiger partial charge < -0.3 is 9.47 Å². The first kappa shape index (κ1) is 22.2. The van der Waals surface area contributed by atoms with E-state index in [1.807, 2.05) is 18.2 Å². The molecular formula is C22H15BrClN3O4S. The third kappa shape index (κ3) is 4.74. The Balaban J connectivity index is 1.67. The molecule has 0 spiro atoms. The van der Waals surface area contributed by atoms with Gasteiger partial charge >= 0.3 is 5.97 Å². The molecule has 0 aliphatic carbocycles. The van der Waals surface area contributed by atoms with Gasteiger partial charge in [0.15, 0.2) is 17.3 Å². The van der Waals surface area contributed by atoms with Crippen molar-refractivity contribution < 1.29 is 14.3 Å². The lowest BCUT2D eigenvalue weighted by molar-refractivity contribution is -0.132. The number of fused-ring (bicyclic) bond motifs is 1. The number of benzene rings is 2. The largest absolute Gasteiger partial charge is 0.493 e. The Kier molecular flexibility index (Phi) is 6.40. The molecule has 0 fully saturated rings. The fourth-order valence-electron chi connectivity index (χ4n) is 2.88. The normalized spacial score (nSPS) is 12.1. The van der Waals surface area contributed by atoms with E-state index in [-0.39, 0.29) is 11.3 Å². The highest BCUT2D eigenvalue weighted by Crippen LogP contribution is 2.37. The molecule has 0 bridgehead atoms. The molecule has 0 radical (unpaired) electrons. The number of ether oxygens (including phenoxy) is 2. The van der Waals surface area contributed by atoms with Crippen LogP contribution >= 0.6 is 38.9 Å². The summed E-state index contributed by atoms with van der Waals surface area (Å²) in [7, 11) is 1.47. The lowest BCUT2D eigenvalue weighted by Gasteiger charge is -2.10. The van der Waals surface area contributed by atoms with E-state index in [2.05, 4.69) is 26.0 Å². The van der Waals surface area contributed by atoms with Gasteiger partial charge in [-0.2, -0.15) is 9.50 Å². The summed E-state index contributed by atoms with van der Waals surface area (Å²) in [4.78, 5) is 29.0. The van der Waals surface area contributed by atoms with Gasteiger partial charge in [0.25, 0.3) is 5.56 Å². The highest BCUT2D eigenvalue weighted by molar-refractivity contribution is 9.10. The topological polar surface area (TPSA) is 82.8 Å². The number of hydrogen-bond acceptors (Lipinski definition) is 7. The maximum Gasteiger partial charge on any atom is 0.308 e. The highest BCUT2D eigenvalue weighted by atomic mass is 79.9. The first-order chi connectivity index (χ1) is 15.3. The van der Waals surface area contributed by atoms with Crippen molar-refractivity contribution in [3.8, 4) is 11.5 Å². The van der Waals surface area contributed by atoms with Crippen LogP contribution in [0.3, 0.4) is 0 Å². The van der Waals surface area contributed by atoms with Crippen LogP contribution in [0, 0.1) is 0 Å². The van der Waals surface area contributed by atoms with Crippen molar-refractivity contribution in [3.05, 3.63) is 77.7 Å². The fraction of sp³-hybridized carbons (Fsp3) is 0.0909. The van der Waals surface area contributed by atoms with E-state index in [0.717, 1.165) is 5.56 Å². The lowest BCUT2D eigenvalue weighted by atomic mass is 10.2. The molecule has 0 aliphatic heterocycles. The van der Waals surface area contributed by atoms with Gasteiger partial charge in [-0.1, -0.05) is 41.1 Å². The maximum absolute atomic E-state index is 12.8. The van der Waals surface area contributed by atoms with E-state index in [9.17, 15) is 9.59 Å². The number of esters is 1. The summed E-state index contributed by atoms with van der Waals surface area (Å²) < 4.78 is 12.8. The molecule has 0 aliphatic rings. The van der Waals surface area contributed by atoms with Crippen molar-refractivity contribution in [2.45, 2.75) is 6.92 Å². The third-order valence-corrected chi connectivity index (χ3v) is 6.09. The van der Waals surface area contributed by atoms with Crippen LogP contribution < -0.4 is 19.6 Å². The van der Waals surface area contributed by atoms with Crippen LogP contribution in [-0.4, -0.2) is 27.7 Å². The zero-order valence-electron chi connectivity index (χ0n) is 16.8. The molecule has 0 N–H and O–H groups in total. The second-order valence-electron chi connectivity index (χ2n) is 6.59. The Morgan fingerprint density at radius 1 is 1.19 bits per heavy atom. The van der Waals surface area contributed by atoms with Crippen LogP contribution in [0.2, 0.25) is 5.02 Å². The predicted octanol–water partition coefficient (Wildman–Crippen LogP) is 4.22. The van der Waals surface area contributed by atoms with Crippen molar-refractivity contribution in [3.63, 3.8) is 0 Å². The number of thiazole rings is 1.